The lowest BCUT2D eigenvalue weighted by molar-refractivity contribution is -0.384. The number of nitrogens with one attached hydrogen (secondary N) is 2. The molecule has 0 aliphatic carbocycles. The summed E-state index contributed by atoms with van der Waals surface area (Å²) in [5, 5.41) is 16.7. The van der Waals surface area contributed by atoms with E-state index in [9.17, 15) is 14.9 Å². The van der Waals surface area contributed by atoms with Crippen LogP contribution in [0.2, 0.25) is 0 Å². The molecule has 1 aromatic heterocycles. The van der Waals surface area contributed by atoms with E-state index in [1.165, 1.54) is 18.4 Å². The highest BCUT2D eigenvalue weighted by molar-refractivity contribution is 5.95. The smallest absolute Gasteiger partial charge is 0.293 e. The summed E-state index contributed by atoms with van der Waals surface area (Å²) >= 11 is 0. The first-order valence-electron chi connectivity index (χ1n) is 6.44. The fourth-order valence-corrected chi connectivity index (χ4v) is 1.83. The average molecular weight is 289 g/mol. The van der Waals surface area contributed by atoms with Crippen LogP contribution in [0.3, 0.4) is 0 Å². The van der Waals surface area contributed by atoms with Gasteiger partial charge in [-0.1, -0.05) is 0 Å². The SMILES string of the molecule is CCNC(=O)c1ccc(NCc2ccco2)c([N+](=O)[O-])c1. The molecular formula is C14H15N3O4. The molecule has 21 heavy (non-hydrogen) atoms. The van der Waals surface area contributed by atoms with Crippen LogP contribution in [0.25, 0.3) is 0 Å². The quantitative estimate of drug-likeness (QED) is 0.629. The molecule has 2 N–H and O–H groups in total. The van der Waals surface area contributed by atoms with E-state index >= 15 is 0 Å². The van der Waals surface area contributed by atoms with Crippen molar-refractivity contribution in [1.29, 1.82) is 0 Å². The van der Waals surface area contributed by atoms with Crippen molar-refractivity contribution < 1.29 is 14.1 Å². The highest BCUT2D eigenvalue weighted by Crippen LogP contribution is 2.26. The molecule has 0 fully saturated rings. The van der Waals surface area contributed by atoms with Crippen LogP contribution in [0, 0.1) is 10.1 Å². The Labute approximate surface area is 121 Å². The van der Waals surface area contributed by atoms with Gasteiger partial charge in [0, 0.05) is 18.2 Å². The van der Waals surface area contributed by atoms with Crippen LogP contribution >= 0.6 is 0 Å². The van der Waals surface area contributed by atoms with E-state index in [1.54, 1.807) is 25.1 Å². The van der Waals surface area contributed by atoms with Crippen molar-refractivity contribution in [3.63, 3.8) is 0 Å². The highest BCUT2D eigenvalue weighted by Gasteiger charge is 2.17. The number of benzene rings is 1. The Hall–Kier alpha value is -2.83. The van der Waals surface area contributed by atoms with Gasteiger partial charge in [-0.25, -0.2) is 0 Å². The molecule has 110 valence electrons. The molecule has 7 nitrogen and oxygen atoms in total. The Morgan fingerprint density at radius 1 is 1.38 bits per heavy atom. The second-order valence-corrected chi connectivity index (χ2v) is 4.28. The van der Waals surface area contributed by atoms with Gasteiger partial charge in [-0.2, -0.15) is 0 Å². The molecule has 0 saturated heterocycles. The van der Waals surface area contributed by atoms with Crippen LogP contribution in [-0.4, -0.2) is 17.4 Å². The molecule has 0 bridgehead atoms. The first-order chi connectivity index (χ1) is 10.1. The molecule has 0 aliphatic heterocycles. The minimum Gasteiger partial charge on any atom is -0.467 e. The number of nitro benzene ring substituents is 1. The summed E-state index contributed by atoms with van der Waals surface area (Å²) in [6.07, 6.45) is 1.53. The fourth-order valence-electron chi connectivity index (χ4n) is 1.83. The summed E-state index contributed by atoms with van der Waals surface area (Å²) < 4.78 is 5.15. The van der Waals surface area contributed by atoms with Crippen molar-refractivity contribution in [3.05, 3.63) is 58.0 Å². The number of hydrogen-bond acceptors (Lipinski definition) is 5. The number of nitro groups is 1. The zero-order valence-electron chi connectivity index (χ0n) is 11.5. The Kier molecular flexibility index (Phi) is 4.55. The van der Waals surface area contributed by atoms with Gasteiger partial charge in [-0.05, 0) is 31.2 Å². The Bertz CT molecular complexity index is 638. The van der Waals surface area contributed by atoms with Crippen molar-refractivity contribution >= 4 is 17.3 Å². The molecule has 1 aromatic carbocycles. The van der Waals surface area contributed by atoms with E-state index in [0.717, 1.165) is 0 Å². The van der Waals surface area contributed by atoms with Crippen LogP contribution in [0.1, 0.15) is 23.0 Å². The van der Waals surface area contributed by atoms with Crippen molar-refractivity contribution in [3.8, 4) is 0 Å². The summed E-state index contributed by atoms with van der Waals surface area (Å²) in [5.41, 5.74) is 0.446. The Morgan fingerprint density at radius 2 is 2.19 bits per heavy atom. The minimum absolute atomic E-state index is 0.148. The normalized spacial score (nSPS) is 10.1. The molecular weight excluding hydrogens is 274 g/mol. The number of furan rings is 1. The summed E-state index contributed by atoms with van der Waals surface area (Å²) in [7, 11) is 0. The van der Waals surface area contributed by atoms with Crippen molar-refractivity contribution in [2.75, 3.05) is 11.9 Å². The monoisotopic (exact) mass is 289 g/mol. The molecule has 1 heterocycles. The van der Waals surface area contributed by atoms with E-state index < -0.39 is 4.92 Å². The lowest BCUT2D eigenvalue weighted by Crippen LogP contribution is -2.22. The molecule has 0 unspecified atom stereocenters. The van der Waals surface area contributed by atoms with Crippen LogP contribution in [0.4, 0.5) is 11.4 Å². The van der Waals surface area contributed by atoms with Gasteiger partial charge in [-0.15, -0.1) is 0 Å². The number of carbonyl (C=O) groups excluding carboxylic acids is 1. The first kappa shape index (κ1) is 14.6. The zero-order valence-corrected chi connectivity index (χ0v) is 11.5. The summed E-state index contributed by atoms with van der Waals surface area (Å²) in [5.74, 6) is 0.329. The molecule has 2 rings (SSSR count). The summed E-state index contributed by atoms with van der Waals surface area (Å²) in [6.45, 7) is 2.57. The number of hydrogen-bond donors (Lipinski definition) is 2. The number of rotatable bonds is 6. The van der Waals surface area contributed by atoms with Gasteiger partial charge in [0.1, 0.15) is 11.4 Å². The number of nitrogens with zero attached hydrogens (tertiary/aromatic N) is 1. The van der Waals surface area contributed by atoms with Gasteiger partial charge in [0.05, 0.1) is 17.7 Å². The maximum absolute atomic E-state index is 11.7. The maximum atomic E-state index is 11.7. The van der Waals surface area contributed by atoms with Gasteiger partial charge in [0.2, 0.25) is 0 Å². The molecule has 0 saturated carbocycles. The van der Waals surface area contributed by atoms with Gasteiger partial charge in [0.25, 0.3) is 11.6 Å². The first-order valence-corrected chi connectivity index (χ1v) is 6.44. The second-order valence-electron chi connectivity index (χ2n) is 4.28. The van der Waals surface area contributed by atoms with Crippen molar-refractivity contribution in [2.45, 2.75) is 13.5 Å². The molecule has 0 radical (unpaired) electrons. The number of carbonyl (C=O) groups is 1. The van der Waals surface area contributed by atoms with Crippen molar-refractivity contribution in [2.24, 2.45) is 0 Å². The highest BCUT2D eigenvalue weighted by atomic mass is 16.6. The predicted octanol–water partition coefficient (Wildman–Crippen LogP) is 2.55. The van der Waals surface area contributed by atoms with Gasteiger partial charge in [-0.3, -0.25) is 14.9 Å². The predicted molar refractivity (Wildman–Crippen MR) is 77.1 cm³/mol. The Balaban J connectivity index is 2.20. The van der Waals surface area contributed by atoms with Crippen LogP contribution in [0.15, 0.2) is 41.0 Å². The van der Waals surface area contributed by atoms with E-state index in [4.69, 9.17) is 4.42 Å². The van der Waals surface area contributed by atoms with Gasteiger partial charge >= 0.3 is 0 Å². The fraction of sp³-hybridized carbons (Fsp3) is 0.214. The Morgan fingerprint density at radius 3 is 2.81 bits per heavy atom. The van der Waals surface area contributed by atoms with Crippen molar-refractivity contribution in [1.82, 2.24) is 5.32 Å². The van der Waals surface area contributed by atoms with Gasteiger partial charge in [0.15, 0.2) is 0 Å². The number of anilines is 1. The summed E-state index contributed by atoms with van der Waals surface area (Å²) in [4.78, 5) is 22.3. The second kappa shape index (κ2) is 6.56. The molecule has 1 amide bonds. The lowest BCUT2D eigenvalue weighted by Gasteiger charge is -2.07. The molecule has 0 atom stereocenters. The van der Waals surface area contributed by atoms with Crippen LogP contribution < -0.4 is 10.6 Å². The molecule has 0 aliphatic rings. The van der Waals surface area contributed by atoms with E-state index in [-0.39, 0.29) is 17.2 Å². The van der Waals surface area contributed by atoms with E-state index in [2.05, 4.69) is 10.6 Å². The molecule has 2 aromatic rings. The summed E-state index contributed by atoms with van der Waals surface area (Å²) in [6, 6.07) is 7.83. The van der Waals surface area contributed by atoms with Gasteiger partial charge < -0.3 is 15.1 Å². The average Bonchev–Trinajstić information content (AvgIpc) is 2.98. The third-order valence-corrected chi connectivity index (χ3v) is 2.83. The van der Waals surface area contributed by atoms with Crippen LogP contribution in [0.5, 0.6) is 0 Å². The van der Waals surface area contributed by atoms with E-state index in [1.807, 2.05) is 0 Å². The number of amides is 1. The standard InChI is InChI=1S/C14H15N3O4/c1-2-15-14(18)10-5-6-12(13(8-10)17(19)20)16-9-11-4-3-7-21-11/h3-8,16H,2,9H2,1H3,(H,15,18). The molecule has 0 spiro atoms. The lowest BCUT2D eigenvalue weighted by atomic mass is 10.1. The zero-order chi connectivity index (χ0) is 15.2. The maximum Gasteiger partial charge on any atom is 0.293 e. The largest absolute Gasteiger partial charge is 0.467 e. The van der Waals surface area contributed by atoms with E-state index in [0.29, 0.717) is 24.5 Å². The third kappa shape index (κ3) is 3.59. The topological polar surface area (TPSA) is 97.4 Å². The third-order valence-electron chi connectivity index (χ3n) is 2.83. The minimum atomic E-state index is -0.521. The molecule has 7 heteroatoms. The van der Waals surface area contributed by atoms with Crippen LogP contribution in [-0.2, 0) is 6.54 Å².